The summed E-state index contributed by atoms with van der Waals surface area (Å²) in [5.41, 5.74) is 8.89. The molecule has 0 aliphatic carbocycles. The van der Waals surface area contributed by atoms with Crippen molar-refractivity contribution in [3.8, 4) is 0 Å². The molecule has 0 aliphatic rings. The van der Waals surface area contributed by atoms with E-state index in [0.717, 1.165) is 21.2 Å². The number of benzene rings is 2. The molecule has 3 N–H and O–H groups in total. The highest BCUT2D eigenvalue weighted by Gasteiger charge is 2.20. The number of hydrogen-bond donors (Lipinski definition) is 2. The first-order chi connectivity index (χ1) is 10.9. The number of hydrogen-bond acceptors (Lipinski definition) is 2. The zero-order chi connectivity index (χ0) is 17.0. The Bertz CT molecular complexity index is 723. The van der Waals surface area contributed by atoms with Crippen LogP contribution in [0.15, 0.2) is 46.9 Å². The minimum atomic E-state index is -0.762. The number of halogens is 1. The molecular weight excluding hydrogens is 356 g/mol. The van der Waals surface area contributed by atoms with Gasteiger partial charge in [0.25, 0.3) is 5.91 Å². The van der Waals surface area contributed by atoms with E-state index in [1.807, 2.05) is 44.2 Å². The summed E-state index contributed by atoms with van der Waals surface area (Å²) in [6.07, 6.45) is 0.341. The molecule has 0 spiro atoms. The molecule has 2 aromatic carbocycles. The molecule has 120 valence electrons. The van der Waals surface area contributed by atoms with E-state index in [1.165, 1.54) is 0 Å². The first-order valence-corrected chi connectivity index (χ1v) is 8.08. The minimum Gasteiger partial charge on any atom is -0.368 e. The highest BCUT2D eigenvalue weighted by Crippen LogP contribution is 2.18. The lowest BCUT2D eigenvalue weighted by atomic mass is 10.0. The standard InChI is InChI=1S/C18H19BrN2O2/c1-11-7-12(2)9-14(8-11)18(23)21-16(17(20)22)10-13-5-3-4-6-15(13)19/h3-9,16H,10H2,1-2H3,(H2,20,22)(H,21,23)/t16-/m1/s1. The van der Waals surface area contributed by atoms with Gasteiger partial charge in [0.2, 0.25) is 5.91 Å². The molecule has 0 heterocycles. The third kappa shape index (κ3) is 4.66. The summed E-state index contributed by atoms with van der Waals surface area (Å²) in [7, 11) is 0. The van der Waals surface area contributed by atoms with Crippen LogP contribution in [0.1, 0.15) is 27.0 Å². The number of aryl methyl sites for hydroxylation is 2. The predicted octanol–water partition coefficient (Wildman–Crippen LogP) is 2.89. The Morgan fingerprint density at radius 2 is 1.74 bits per heavy atom. The van der Waals surface area contributed by atoms with Gasteiger partial charge in [-0.3, -0.25) is 9.59 Å². The average molecular weight is 375 g/mol. The second kappa shape index (κ2) is 7.42. The quantitative estimate of drug-likeness (QED) is 0.844. The summed E-state index contributed by atoms with van der Waals surface area (Å²) in [6, 6.07) is 12.4. The van der Waals surface area contributed by atoms with E-state index in [2.05, 4.69) is 21.2 Å². The van der Waals surface area contributed by atoms with Crippen molar-refractivity contribution in [2.75, 3.05) is 0 Å². The molecule has 0 bridgehead atoms. The van der Waals surface area contributed by atoms with Crippen LogP contribution in [0.4, 0.5) is 0 Å². The van der Waals surface area contributed by atoms with Crippen LogP contribution in [0.5, 0.6) is 0 Å². The van der Waals surface area contributed by atoms with E-state index >= 15 is 0 Å². The third-order valence-electron chi connectivity index (χ3n) is 3.51. The molecular formula is C18H19BrN2O2. The van der Waals surface area contributed by atoms with E-state index in [0.29, 0.717) is 12.0 Å². The maximum atomic E-state index is 12.4. The van der Waals surface area contributed by atoms with Crippen molar-refractivity contribution in [3.63, 3.8) is 0 Å². The predicted molar refractivity (Wildman–Crippen MR) is 94.2 cm³/mol. The van der Waals surface area contributed by atoms with Gasteiger partial charge in [-0.05, 0) is 37.6 Å². The number of carbonyl (C=O) groups is 2. The van der Waals surface area contributed by atoms with Crippen molar-refractivity contribution in [2.45, 2.75) is 26.3 Å². The summed E-state index contributed by atoms with van der Waals surface area (Å²) in [5, 5.41) is 2.73. The Labute approximate surface area is 144 Å². The minimum absolute atomic E-state index is 0.298. The van der Waals surface area contributed by atoms with Gasteiger partial charge in [-0.25, -0.2) is 0 Å². The largest absolute Gasteiger partial charge is 0.368 e. The summed E-state index contributed by atoms with van der Waals surface area (Å²) in [5.74, 6) is -0.855. The number of amides is 2. The van der Waals surface area contributed by atoms with Gasteiger partial charge in [-0.2, -0.15) is 0 Å². The van der Waals surface area contributed by atoms with Crippen molar-refractivity contribution >= 4 is 27.7 Å². The number of rotatable bonds is 5. The highest BCUT2D eigenvalue weighted by molar-refractivity contribution is 9.10. The number of nitrogens with two attached hydrogens (primary N) is 1. The Hall–Kier alpha value is -2.14. The first kappa shape index (κ1) is 17.2. The molecule has 0 unspecified atom stereocenters. The lowest BCUT2D eigenvalue weighted by Crippen LogP contribution is -2.45. The fourth-order valence-electron chi connectivity index (χ4n) is 2.45. The first-order valence-electron chi connectivity index (χ1n) is 7.28. The van der Waals surface area contributed by atoms with Gasteiger partial charge in [0.1, 0.15) is 6.04 Å². The summed E-state index contributed by atoms with van der Waals surface area (Å²) >= 11 is 3.44. The SMILES string of the molecule is Cc1cc(C)cc(C(=O)N[C@H](Cc2ccccc2Br)C(N)=O)c1. The van der Waals surface area contributed by atoms with Crippen molar-refractivity contribution in [2.24, 2.45) is 5.73 Å². The van der Waals surface area contributed by atoms with Gasteiger partial charge in [0, 0.05) is 16.5 Å². The average Bonchev–Trinajstić information content (AvgIpc) is 2.47. The van der Waals surface area contributed by atoms with Crippen LogP contribution in [-0.4, -0.2) is 17.9 Å². The van der Waals surface area contributed by atoms with Crippen LogP contribution < -0.4 is 11.1 Å². The maximum Gasteiger partial charge on any atom is 0.251 e. The lowest BCUT2D eigenvalue weighted by Gasteiger charge is -2.17. The molecule has 2 aromatic rings. The van der Waals surface area contributed by atoms with Crippen molar-refractivity contribution in [1.29, 1.82) is 0 Å². The van der Waals surface area contributed by atoms with Crippen LogP contribution in [0.2, 0.25) is 0 Å². The van der Waals surface area contributed by atoms with Gasteiger partial charge in [0.15, 0.2) is 0 Å². The van der Waals surface area contributed by atoms with E-state index in [4.69, 9.17) is 5.73 Å². The maximum absolute atomic E-state index is 12.4. The Balaban J connectivity index is 2.18. The van der Waals surface area contributed by atoms with Crippen LogP contribution in [0.3, 0.4) is 0 Å². The molecule has 23 heavy (non-hydrogen) atoms. The number of carbonyl (C=O) groups excluding carboxylic acids is 2. The Kier molecular flexibility index (Phi) is 5.55. The molecule has 5 heteroatoms. The molecule has 4 nitrogen and oxygen atoms in total. The van der Waals surface area contributed by atoms with Crippen LogP contribution in [0.25, 0.3) is 0 Å². The Morgan fingerprint density at radius 3 is 2.30 bits per heavy atom. The van der Waals surface area contributed by atoms with Crippen molar-refractivity contribution in [3.05, 3.63) is 69.2 Å². The fourth-order valence-corrected chi connectivity index (χ4v) is 2.90. The topological polar surface area (TPSA) is 72.2 Å². The van der Waals surface area contributed by atoms with Gasteiger partial charge in [-0.1, -0.05) is 51.3 Å². The van der Waals surface area contributed by atoms with Crippen LogP contribution in [-0.2, 0) is 11.2 Å². The lowest BCUT2D eigenvalue weighted by molar-refractivity contribution is -0.119. The van der Waals surface area contributed by atoms with Gasteiger partial charge >= 0.3 is 0 Å². The molecule has 0 fully saturated rings. The highest BCUT2D eigenvalue weighted by atomic mass is 79.9. The van der Waals surface area contributed by atoms with Gasteiger partial charge < -0.3 is 11.1 Å². The number of primary amides is 1. The van der Waals surface area contributed by atoms with Crippen molar-refractivity contribution in [1.82, 2.24) is 5.32 Å². The van der Waals surface area contributed by atoms with Crippen LogP contribution in [0, 0.1) is 13.8 Å². The normalized spacial score (nSPS) is 11.8. The Morgan fingerprint density at radius 1 is 1.13 bits per heavy atom. The van der Waals surface area contributed by atoms with Gasteiger partial charge in [-0.15, -0.1) is 0 Å². The smallest absolute Gasteiger partial charge is 0.251 e. The molecule has 0 radical (unpaired) electrons. The van der Waals surface area contributed by atoms with Crippen LogP contribution >= 0.6 is 15.9 Å². The molecule has 2 amide bonds. The van der Waals surface area contributed by atoms with E-state index < -0.39 is 11.9 Å². The molecule has 0 aromatic heterocycles. The van der Waals surface area contributed by atoms with E-state index in [1.54, 1.807) is 12.1 Å². The van der Waals surface area contributed by atoms with E-state index in [-0.39, 0.29) is 5.91 Å². The monoisotopic (exact) mass is 374 g/mol. The molecule has 0 aliphatic heterocycles. The van der Waals surface area contributed by atoms with Crippen molar-refractivity contribution < 1.29 is 9.59 Å². The second-order valence-corrected chi connectivity index (χ2v) is 6.45. The van der Waals surface area contributed by atoms with E-state index in [9.17, 15) is 9.59 Å². The molecule has 0 saturated carbocycles. The summed E-state index contributed by atoms with van der Waals surface area (Å²) < 4.78 is 0.881. The summed E-state index contributed by atoms with van der Waals surface area (Å²) in [4.78, 5) is 24.1. The second-order valence-electron chi connectivity index (χ2n) is 5.60. The third-order valence-corrected chi connectivity index (χ3v) is 4.29. The number of nitrogens with one attached hydrogen (secondary N) is 1. The van der Waals surface area contributed by atoms with Gasteiger partial charge in [0.05, 0.1) is 0 Å². The summed E-state index contributed by atoms with van der Waals surface area (Å²) in [6.45, 7) is 3.85. The zero-order valence-electron chi connectivity index (χ0n) is 13.1. The molecule has 2 rings (SSSR count). The zero-order valence-corrected chi connectivity index (χ0v) is 14.7. The fraction of sp³-hybridized carbons (Fsp3) is 0.222. The molecule has 0 saturated heterocycles. The molecule has 1 atom stereocenters.